The minimum atomic E-state index is -0.420. The van der Waals surface area contributed by atoms with Crippen molar-refractivity contribution in [3.05, 3.63) is 93.9 Å². The first kappa shape index (κ1) is 20.0. The second-order valence-corrected chi connectivity index (χ2v) is 8.54. The lowest BCUT2D eigenvalue weighted by molar-refractivity contribution is 0.0994. The number of aryl methyl sites for hydroxylation is 2. The fourth-order valence-electron chi connectivity index (χ4n) is 3.20. The summed E-state index contributed by atoms with van der Waals surface area (Å²) in [6, 6.07) is 18.4. The number of fused-ring (bicyclic) bond motifs is 1. The predicted octanol–water partition coefficient (Wildman–Crippen LogP) is 4.76. The summed E-state index contributed by atoms with van der Waals surface area (Å²) in [7, 11) is 0. The number of hydrogen-bond donors (Lipinski definition) is 0. The molecule has 6 heteroatoms. The fourth-order valence-corrected chi connectivity index (χ4v) is 4.19. The second-order valence-electron chi connectivity index (χ2n) is 7.23. The number of ketones is 1. The third kappa shape index (κ3) is 3.91. The normalized spacial score (nSPS) is 12.1. The molecule has 4 rings (SSSR count). The Labute approximate surface area is 178 Å². The number of rotatable bonds is 5. The molecule has 0 aliphatic heterocycles. The molecule has 1 atom stereocenters. The van der Waals surface area contributed by atoms with Crippen molar-refractivity contribution in [3.8, 4) is 5.82 Å². The van der Waals surface area contributed by atoms with Crippen LogP contribution in [0.4, 0.5) is 0 Å². The molecule has 30 heavy (non-hydrogen) atoms. The number of aromatic nitrogens is 3. The third-order valence-electron chi connectivity index (χ3n) is 4.86. The highest BCUT2D eigenvalue weighted by atomic mass is 32.2. The van der Waals surface area contributed by atoms with Gasteiger partial charge in [-0.25, -0.2) is 14.5 Å². The lowest BCUT2D eigenvalue weighted by Crippen LogP contribution is -2.24. The van der Waals surface area contributed by atoms with Crippen LogP contribution in [0.5, 0.6) is 0 Å². The van der Waals surface area contributed by atoms with Gasteiger partial charge < -0.3 is 0 Å². The Morgan fingerprint density at radius 3 is 2.47 bits per heavy atom. The fraction of sp³-hybridized carbons (Fsp3) is 0.167. The number of para-hydroxylation sites is 1. The number of benzene rings is 2. The summed E-state index contributed by atoms with van der Waals surface area (Å²) in [4.78, 5) is 35.4. The third-order valence-corrected chi connectivity index (χ3v) is 5.91. The molecule has 0 N–H and O–H groups in total. The Bertz CT molecular complexity index is 1300. The topological polar surface area (TPSA) is 64.8 Å². The highest BCUT2D eigenvalue weighted by Gasteiger charge is 2.21. The Hall–Kier alpha value is -3.25. The molecule has 0 aliphatic carbocycles. The van der Waals surface area contributed by atoms with Gasteiger partial charge in [0.25, 0.3) is 5.56 Å². The largest absolute Gasteiger partial charge is 0.293 e. The molecule has 0 saturated carbocycles. The van der Waals surface area contributed by atoms with E-state index < -0.39 is 5.25 Å². The van der Waals surface area contributed by atoms with Crippen molar-refractivity contribution in [1.29, 1.82) is 0 Å². The first-order valence-electron chi connectivity index (χ1n) is 9.66. The Morgan fingerprint density at radius 1 is 1.00 bits per heavy atom. The van der Waals surface area contributed by atoms with Crippen LogP contribution in [0.3, 0.4) is 0 Å². The second kappa shape index (κ2) is 8.24. The zero-order valence-corrected chi connectivity index (χ0v) is 17.8. The highest BCUT2D eigenvalue weighted by molar-refractivity contribution is 8.00. The molecule has 0 saturated heterocycles. The lowest BCUT2D eigenvalue weighted by atomic mass is 10.1. The first-order chi connectivity index (χ1) is 14.4. The molecule has 2 aromatic carbocycles. The molecule has 0 aliphatic rings. The van der Waals surface area contributed by atoms with E-state index in [1.165, 1.54) is 16.3 Å². The van der Waals surface area contributed by atoms with Crippen LogP contribution in [0, 0.1) is 13.8 Å². The Balaban J connectivity index is 1.81. The van der Waals surface area contributed by atoms with Gasteiger partial charge in [-0.05, 0) is 50.6 Å². The monoisotopic (exact) mass is 415 g/mol. The summed E-state index contributed by atoms with van der Waals surface area (Å²) in [5.74, 6) is 0.488. The maximum absolute atomic E-state index is 13.3. The van der Waals surface area contributed by atoms with E-state index in [0.717, 1.165) is 11.1 Å². The predicted molar refractivity (Wildman–Crippen MR) is 121 cm³/mol. The number of carbonyl (C=O) groups is 1. The summed E-state index contributed by atoms with van der Waals surface area (Å²) >= 11 is 1.27. The van der Waals surface area contributed by atoms with Crippen molar-refractivity contribution in [2.75, 3.05) is 0 Å². The highest BCUT2D eigenvalue weighted by Crippen LogP contribution is 2.27. The van der Waals surface area contributed by atoms with Gasteiger partial charge in [0, 0.05) is 11.8 Å². The number of thioether (sulfide) groups is 1. The summed E-state index contributed by atoms with van der Waals surface area (Å²) < 4.78 is 1.50. The van der Waals surface area contributed by atoms with Gasteiger partial charge in [-0.2, -0.15) is 0 Å². The molecule has 5 nitrogen and oxygen atoms in total. The van der Waals surface area contributed by atoms with E-state index in [-0.39, 0.29) is 11.3 Å². The Kier molecular flexibility index (Phi) is 5.50. The summed E-state index contributed by atoms with van der Waals surface area (Å²) in [5.41, 5.74) is 3.13. The summed E-state index contributed by atoms with van der Waals surface area (Å²) in [6.07, 6.45) is 1.67. The number of pyridine rings is 1. The molecule has 0 amide bonds. The molecular formula is C24H21N3O2S. The molecule has 2 aromatic heterocycles. The Morgan fingerprint density at radius 2 is 1.73 bits per heavy atom. The average molecular weight is 416 g/mol. The zero-order chi connectivity index (χ0) is 21.3. The molecule has 2 heterocycles. The van der Waals surface area contributed by atoms with Gasteiger partial charge >= 0.3 is 0 Å². The van der Waals surface area contributed by atoms with Gasteiger partial charge in [0.1, 0.15) is 5.82 Å². The molecular weight excluding hydrogens is 394 g/mol. The maximum Gasteiger partial charge on any atom is 0.267 e. The van der Waals surface area contributed by atoms with E-state index in [1.54, 1.807) is 18.3 Å². The minimum absolute atomic E-state index is 0.00819. The first-order valence-corrected chi connectivity index (χ1v) is 10.5. The van der Waals surface area contributed by atoms with E-state index in [9.17, 15) is 9.59 Å². The van der Waals surface area contributed by atoms with Crippen LogP contribution in [-0.2, 0) is 0 Å². The SMILES string of the molecule is Cc1ccc(C(=O)C(C)Sc2nc3ccccc3c(=O)n2-c2cc(C)ccn2)cc1. The van der Waals surface area contributed by atoms with Crippen LogP contribution >= 0.6 is 11.8 Å². The lowest BCUT2D eigenvalue weighted by Gasteiger charge is -2.16. The van der Waals surface area contributed by atoms with Crippen LogP contribution in [-0.4, -0.2) is 25.6 Å². The van der Waals surface area contributed by atoms with Crippen LogP contribution in [0.2, 0.25) is 0 Å². The average Bonchev–Trinajstić information content (AvgIpc) is 2.74. The van der Waals surface area contributed by atoms with Crippen molar-refractivity contribution in [1.82, 2.24) is 14.5 Å². The van der Waals surface area contributed by atoms with Crippen LogP contribution in [0.15, 0.2) is 76.8 Å². The molecule has 0 spiro atoms. The minimum Gasteiger partial charge on any atom is -0.293 e. The van der Waals surface area contributed by atoms with Crippen LogP contribution < -0.4 is 5.56 Å². The van der Waals surface area contributed by atoms with E-state index in [2.05, 4.69) is 4.98 Å². The van der Waals surface area contributed by atoms with Crippen molar-refractivity contribution < 1.29 is 4.79 Å². The van der Waals surface area contributed by atoms with E-state index in [1.807, 2.05) is 69.3 Å². The van der Waals surface area contributed by atoms with Crippen LogP contribution in [0.1, 0.15) is 28.4 Å². The number of hydrogen-bond acceptors (Lipinski definition) is 5. The van der Waals surface area contributed by atoms with E-state index in [0.29, 0.717) is 27.4 Å². The van der Waals surface area contributed by atoms with Gasteiger partial charge in [-0.1, -0.05) is 53.7 Å². The van der Waals surface area contributed by atoms with E-state index in [4.69, 9.17) is 4.98 Å². The standard InChI is InChI=1S/C24H21N3O2S/c1-15-8-10-18(11-9-15)22(28)17(3)30-24-26-20-7-5-4-6-19(20)23(29)27(24)21-14-16(2)12-13-25-21/h4-14,17H,1-3H3. The number of Topliss-reactive ketones (excluding diaryl/α,β-unsaturated/α-hetero) is 1. The van der Waals surface area contributed by atoms with Gasteiger partial charge in [0.2, 0.25) is 0 Å². The summed E-state index contributed by atoms with van der Waals surface area (Å²) in [5, 5.41) is 0.546. The van der Waals surface area contributed by atoms with Gasteiger partial charge in [-0.15, -0.1) is 0 Å². The van der Waals surface area contributed by atoms with Gasteiger partial charge in [0.05, 0.1) is 16.2 Å². The summed E-state index contributed by atoms with van der Waals surface area (Å²) in [6.45, 7) is 5.77. The van der Waals surface area contributed by atoms with E-state index >= 15 is 0 Å². The van der Waals surface area contributed by atoms with Crippen molar-refractivity contribution in [3.63, 3.8) is 0 Å². The maximum atomic E-state index is 13.3. The molecule has 0 bridgehead atoms. The number of carbonyl (C=O) groups excluding carboxylic acids is 1. The van der Waals surface area contributed by atoms with Gasteiger partial charge in [0.15, 0.2) is 10.9 Å². The smallest absolute Gasteiger partial charge is 0.267 e. The molecule has 1 unspecified atom stereocenters. The molecule has 150 valence electrons. The molecule has 4 aromatic rings. The number of nitrogens with zero attached hydrogens (tertiary/aromatic N) is 3. The quantitative estimate of drug-likeness (QED) is 0.267. The molecule has 0 radical (unpaired) electrons. The van der Waals surface area contributed by atoms with Crippen molar-refractivity contribution in [2.45, 2.75) is 31.2 Å². The van der Waals surface area contributed by atoms with Gasteiger partial charge in [-0.3, -0.25) is 9.59 Å². The molecule has 0 fully saturated rings. The van der Waals surface area contributed by atoms with Crippen molar-refractivity contribution in [2.24, 2.45) is 0 Å². The van der Waals surface area contributed by atoms with Crippen LogP contribution in [0.25, 0.3) is 16.7 Å². The van der Waals surface area contributed by atoms with Crippen molar-refractivity contribution >= 4 is 28.4 Å². The zero-order valence-electron chi connectivity index (χ0n) is 17.0.